The zero-order valence-electron chi connectivity index (χ0n) is 11.8. The molecule has 0 fully saturated rings. The number of hydrogen-bond donors (Lipinski definition) is 2. The Balaban J connectivity index is 2.17. The van der Waals surface area contributed by atoms with E-state index < -0.39 is 5.97 Å². The Bertz CT molecular complexity index is 629. The molecule has 0 bridgehead atoms. The van der Waals surface area contributed by atoms with Gasteiger partial charge in [-0.1, -0.05) is 12.1 Å². The summed E-state index contributed by atoms with van der Waals surface area (Å²) in [4.78, 5) is 16.3. The number of pyridine rings is 1. The number of hydrogen-bond acceptors (Lipinski definition) is 5. The molecule has 0 atom stereocenters. The van der Waals surface area contributed by atoms with Gasteiger partial charge >= 0.3 is 5.97 Å². The molecule has 1 aromatic heterocycles. The van der Waals surface area contributed by atoms with Crippen LogP contribution in [0.3, 0.4) is 0 Å². The molecule has 0 unspecified atom stereocenters. The molecule has 0 saturated carbocycles. The van der Waals surface area contributed by atoms with E-state index in [1.165, 1.54) is 11.8 Å². The Labute approximate surface area is 127 Å². The maximum atomic E-state index is 11.4. The van der Waals surface area contributed by atoms with Crippen LogP contribution in [0.4, 0.5) is 5.69 Å². The summed E-state index contributed by atoms with van der Waals surface area (Å²) in [5, 5.41) is 12.5. The Morgan fingerprint density at radius 2 is 2.19 bits per heavy atom. The topological polar surface area (TPSA) is 71.5 Å². The molecule has 0 aliphatic carbocycles. The highest BCUT2D eigenvalue weighted by Crippen LogP contribution is 2.27. The molecule has 110 valence electrons. The number of rotatable bonds is 6. The summed E-state index contributed by atoms with van der Waals surface area (Å²) in [6.45, 7) is 0.495. The number of nitrogens with zero attached hydrogens (tertiary/aromatic N) is 1. The maximum Gasteiger partial charge on any atom is 0.338 e. The fraction of sp³-hybridized carbons (Fsp3) is 0.200. The summed E-state index contributed by atoms with van der Waals surface area (Å²) in [5.41, 5.74) is 1.85. The smallest absolute Gasteiger partial charge is 0.338 e. The number of ether oxygens (including phenoxy) is 1. The van der Waals surface area contributed by atoms with Gasteiger partial charge in [0.15, 0.2) is 0 Å². The lowest BCUT2D eigenvalue weighted by Gasteiger charge is -2.12. The van der Waals surface area contributed by atoms with E-state index in [-0.39, 0.29) is 0 Å². The molecule has 5 nitrogen and oxygen atoms in total. The Morgan fingerprint density at radius 1 is 1.38 bits per heavy atom. The van der Waals surface area contributed by atoms with Crippen LogP contribution >= 0.6 is 11.8 Å². The third kappa shape index (κ3) is 3.66. The Morgan fingerprint density at radius 3 is 2.76 bits per heavy atom. The van der Waals surface area contributed by atoms with Gasteiger partial charge in [-0.3, -0.25) is 0 Å². The third-order valence-electron chi connectivity index (χ3n) is 2.95. The van der Waals surface area contributed by atoms with Gasteiger partial charge in [0.2, 0.25) is 5.88 Å². The zero-order valence-corrected chi connectivity index (χ0v) is 12.6. The van der Waals surface area contributed by atoms with E-state index in [0.29, 0.717) is 23.7 Å². The monoisotopic (exact) mass is 304 g/mol. The lowest BCUT2D eigenvalue weighted by molar-refractivity contribution is 0.0694. The minimum Gasteiger partial charge on any atom is -0.481 e. The molecule has 6 heteroatoms. The number of benzene rings is 1. The van der Waals surface area contributed by atoms with Crippen molar-refractivity contribution in [3.05, 3.63) is 47.7 Å². The van der Waals surface area contributed by atoms with Crippen molar-refractivity contribution in [3.63, 3.8) is 0 Å². The number of carboxylic acids is 1. The quantitative estimate of drug-likeness (QED) is 0.799. The van der Waals surface area contributed by atoms with Crippen molar-refractivity contribution in [1.82, 2.24) is 4.98 Å². The van der Waals surface area contributed by atoms with E-state index in [9.17, 15) is 9.90 Å². The summed E-state index contributed by atoms with van der Waals surface area (Å²) < 4.78 is 5.00. The van der Waals surface area contributed by atoms with Gasteiger partial charge in [0.1, 0.15) is 0 Å². The van der Waals surface area contributed by atoms with Crippen LogP contribution in [0.2, 0.25) is 0 Å². The van der Waals surface area contributed by atoms with Crippen LogP contribution < -0.4 is 10.1 Å². The van der Waals surface area contributed by atoms with Crippen LogP contribution in [-0.2, 0) is 6.54 Å². The molecular weight excluding hydrogens is 288 g/mol. The second-order valence-electron chi connectivity index (χ2n) is 4.25. The first kappa shape index (κ1) is 15.2. The first-order valence-electron chi connectivity index (χ1n) is 6.28. The average molecular weight is 304 g/mol. The highest BCUT2D eigenvalue weighted by molar-refractivity contribution is 7.98. The van der Waals surface area contributed by atoms with Crippen LogP contribution in [0.25, 0.3) is 0 Å². The van der Waals surface area contributed by atoms with Crippen LogP contribution in [-0.4, -0.2) is 29.4 Å². The van der Waals surface area contributed by atoms with Gasteiger partial charge < -0.3 is 15.2 Å². The number of carbonyl (C=O) groups is 1. The number of thioether (sulfide) groups is 1. The molecule has 2 aromatic rings. The first-order chi connectivity index (χ1) is 10.2. The zero-order chi connectivity index (χ0) is 15.2. The van der Waals surface area contributed by atoms with E-state index >= 15 is 0 Å². The fourth-order valence-electron chi connectivity index (χ4n) is 1.90. The molecule has 0 radical (unpaired) electrons. The standard InChI is InChI=1S/C15H16N2O3S/c1-20-13-7-6-10(9-17-13)8-16-11-4-3-5-12(21-2)14(11)15(18)19/h3-7,9,16H,8H2,1-2H3,(H,18,19). The maximum absolute atomic E-state index is 11.4. The van der Waals surface area contributed by atoms with Gasteiger partial charge in [0.25, 0.3) is 0 Å². The highest BCUT2D eigenvalue weighted by Gasteiger charge is 2.14. The van der Waals surface area contributed by atoms with Gasteiger partial charge in [-0.05, 0) is 24.0 Å². The molecular formula is C15H16N2O3S. The van der Waals surface area contributed by atoms with Crippen molar-refractivity contribution in [1.29, 1.82) is 0 Å². The van der Waals surface area contributed by atoms with Crippen molar-refractivity contribution < 1.29 is 14.6 Å². The minimum absolute atomic E-state index is 0.298. The van der Waals surface area contributed by atoms with E-state index in [4.69, 9.17) is 4.74 Å². The van der Waals surface area contributed by atoms with Crippen molar-refractivity contribution in [3.8, 4) is 5.88 Å². The molecule has 2 rings (SSSR count). The third-order valence-corrected chi connectivity index (χ3v) is 3.73. The van der Waals surface area contributed by atoms with E-state index in [1.807, 2.05) is 18.4 Å². The van der Waals surface area contributed by atoms with Crippen LogP contribution in [0, 0.1) is 0 Å². The van der Waals surface area contributed by atoms with Gasteiger partial charge in [-0.2, -0.15) is 0 Å². The molecule has 0 saturated heterocycles. The number of carboxylic acid groups (broad SMARTS) is 1. The summed E-state index contributed by atoms with van der Waals surface area (Å²) >= 11 is 1.41. The summed E-state index contributed by atoms with van der Waals surface area (Å²) in [5.74, 6) is -0.385. The lowest BCUT2D eigenvalue weighted by atomic mass is 10.1. The van der Waals surface area contributed by atoms with Gasteiger partial charge in [-0.15, -0.1) is 11.8 Å². The minimum atomic E-state index is -0.935. The van der Waals surface area contributed by atoms with Crippen LogP contribution in [0.5, 0.6) is 5.88 Å². The van der Waals surface area contributed by atoms with E-state index in [0.717, 1.165) is 10.5 Å². The second-order valence-corrected chi connectivity index (χ2v) is 5.10. The van der Waals surface area contributed by atoms with Gasteiger partial charge in [0, 0.05) is 23.7 Å². The second kappa shape index (κ2) is 6.99. The summed E-state index contributed by atoms with van der Waals surface area (Å²) in [7, 11) is 1.56. The molecule has 1 aromatic carbocycles. The predicted octanol–water partition coefficient (Wildman–Crippen LogP) is 3.12. The highest BCUT2D eigenvalue weighted by atomic mass is 32.2. The normalized spacial score (nSPS) is 10.2. The van der Waals surface area contributed by atoms with Crippen LogP contribution in [0.15, 0.2) is 41.4 Å². The van der Waals surface area contributed by atoms with Crippen molar-refractivity contribution in [2.24, 2.45) is 0 Å². The lowest BCUT2D eigenvalue weighted by Crippen LogP contribution is -2.08. The Hall–Kier alpha value is -2.21. The van der Waals surface area contributed by atoms with Crippen molar-refractivity contribution in [2.45, 2.75) is 11.4 Å². The predicted molar refractivity (Wildman–Crippen MR) is 83.3 cm³/mol. The molecule has 21 heavy (non-hydrogen) atoms. The molecule has 1 heterocycles. The van der Waals surface area contributed by atoms with Crippen molar-refractivity contribution in [2.75, 3.05) is 18.7 Å². The van der Waals surface area contributed by atoms with Gasteiger partial charge in [0.05, 0.1) is 18.4 Å². The molecule has 2 N–H and O–H groups in total. The summed E-state index contributed by atoms with van der Waals surface area (Å²) in [6.07, 6.45) is 3.56. The largest absolute Gasteiger partial charge is 0.481 e. The Kier molecular flexibility index (Phi) is 5.05. The number of anilines is 1. The number of aromatic nitrogens is 1. The van der Waals surface area contributed by atoms with Gasteiger partial charge in [-0.25, -0.2) is 9.78 Å². The van der Waals surface area contributed by atoms with E-state index in [1.54, 1.807) is 31.5 Å². The molecule has 0 amide bonds. The van der Waals surface area contributed by atoms with E-state index in [2.05, 4.69) is 10.3 Å². The molecule has 0 aliphatic rings. The van der Waals surface area contributed by atoms with Crippen molar-refractivity contribution >= 4 is 23.4 Å². The average Bonchev–Trinajstić information content (AvgIpc) is 2.52. The number of nitrogens with one attached hydrogen (secondary N) is 1. The SMILES string of the molecule is COc1ccc(CNc2cccc(SC)c2C(=O)O)cn1. The summed E-state index contributed by atoms with van der Waals surface area (Å²) in [6, 6.07) is 9.06. The fourth-order valence-corrected chi connectivity index (χ4v) is 2.52. The molecule has 0 spiro atoms. The number of aromatic carboxylic acids is 1. The first-order valence-corrected chi connectivity index (χ1v) is 7.51. The van der Waals surface area contributed by atoms with Crippen LogP contribution in [0.1, 0.15) is 15.9 Å². The molecule has 0 aliphatic heterocycles. The number of methoxy groups -OCH3 is 1.